The van der Waals surface area contributed by atoms with Crippen molar-refractivity contribution >= 4 is 27.4 Å². The summed E-state index contributed by atoms with van der Waals surface area (Å²) >= 11 is 6.11. The van der Waals surface area contributed by atoms with Crippen LogP contribution in [0, 0.1) is 0 Å². The molecule has 2 rings (SSSR count). The first-order chi connectivity index (χ1) is 10.0. The van der Waals surface area contributed by atoms with Gasteiger partial charge in [-0.2, -0.15) is 4.31 Å². The minimum atomic E-state index is -3.51. The molecule has 1 N–H and O–H groups in total. The smallest absolute Gasteiger partial charge is 0.244 e. The fraction of sp³-hybridized carbons (Fsp3) is 0.643. The van der Waals surface area contributed by atoms with Gasteiger partial charge in [0.05, 0.1) is 5.02 Å². The van der Waals surface area contributed by atoms with Crippen LogP contribution in [0.2, 0.25) is 5.02 Å². The molecule has 0 bridgehead atoms. The maximum absolute atomic E-state index is 12.7. The van der Waals surface area contributed by atoms with E-state index in [-0.39, 0.29) is 10.9 Å². The van der Waals surface area contributed by atoms with Crippen LogP contribution in [0.4, 0.5) is 5.82 Å². The second-order valence-corrected chi connectivity index (χ2v) is 7.53. The highest BCUT2D eigenvalue weighted by molar-refractivity contribution is 7.89. The van der Waals surface area contributed by atoms with Crippen molar-refractivity contribution in [3.63, 3.8) is 0 Å². The lowest BCUT2D eigenvalue weighted by Crippen LogP contribution is -2.34. The molecule has 0 unspecified atom stereocenters. The van der Waals surface area contributed by atoms with Crippen LogP contribution in [-0.4, -0.2) is 36.8 Å². The molecule has 1 saturated carbocycles. The second-order valence-electron chi connectivity index (χ2n) is 5.23. The molecular formula is C14H22ClN3O2S. The zero-order chi connectivity index (χ0) is 15.5. The third-order valence-corrected chi connectivity index (χ3v) is 5.66. The van der Waals surface area contributed by atoms with E-state index in [9.17, 15) is 8.42 Å². The van der Waals surface area contributed by atoms with E-state index in [2.05, 4.69) is 17.2 Å². The van der Waals surface area contributed by atoms with Crippen molar-refractivity contribution in [2.45, 2.75) is 50.5 Å². The Balaban J connectivity index is 2.26. The number of anilines is 1. The maximum Gasteiger partial charge on any atom is 0.244 e. The molecule has 1 aromatic heterocycles. The van der Waals surface area contributed by atoms with Crippen molar-refractivity contribution in [3.8, 4) is 0 Å². The molecule has 0 aliphatic heterocycles. The van der Waals surface area contributed by atoms with Gasteiger partial charge < -0.3 is 5.32 Å². The Kier molecular flexibility index (Phi) is 5.46. The maximum atomic E-state index is 12.7. The second kappa shape index (κ2) is 6.94. The summed E-state index contributed by atoms with van der Waals surface area (Å²) in [7, 11) is -3.51. The van der Waals surface area contributed by atoms with Crippen LogP contribution in [0.3, 0.4) is 0 Å². The van der Waals surface area contributed by atoms with Crippen LogP contribution in [-0.2, 0) is 10.0 Å². The Morgan fingerprint density at radius 3 is 2.67 bits per heavy atom. The predicted octanol–water partition coefficient (Wildman–Crippen LogP) is 3.12. The van der Waals surface area contributed by atoms with Crippen LogP contribution in [0.15, 0.2) is 17.2 Å². The summed E-state index contributed by atoms with van der Waals surface area (Å²) in [5.41, 5.74) is 0. The molecule has 0 aromatic carbocycles. The zero-order valence-corrected chi connectivity index (χ0v) is 14.0. The number of nitrogens with one attached hydrogen (secondary N) is 1. The summed E-state index contributed by atoms with van der Waals surface area (Å²) in [5.74, 6) is 0.518. The third-order valence-electron chi connectivity index (χ3n) is 3.45. The molecule has 1 aliphatic rings. The highest BCUT2D eigenvalue weighted by Gasteiger charge is 2.37. The predicted molar refractivity (Wildman–Crippen MR) is 85.2 cm³/mol. The van der Waals surface area contributed by atoms with Crippen LogP contribution in [0.25, 0.3) is 0 Å². The Hall–Kier alpha value is -0.850. The number of pyridine rings is 1. The van der Waals surface area contributed by atoms with Gasteiger partial charge in [0.1, 0.15) is 10.7 Å². The van der Waals surface area contributed by atoms with E-state index in [1.54, 1.807) is 4.31 Å². The van der Waals surface area contributed by atoms with Gasteiger partial charge in [0.2, 0.25) is 10.0 Å². The fourth-order valence-corrected chi connectivity index (χ4v) is 4.16. The van der Waals surface area contributed by atoms with Crippen LogP contribution in [0.1, 0.15) is 39.5 Å². The van der Waals surface area contributed by atoms with E-state index in [4.69, 9.17) is 11.6 Å². The van der Waals surface area contributed by atoms with E-state index < -0.39 is 10.0 Å². The number of hydrogen-bond donors (Lipinski definition) is 1. The lowest BCUT2D eigenvalue weighted by molar-refractivity contribution is 0.395. The molecule has 1 aliphatic carbocycles. The SMILES string of the molecule is CCCCN(C1CC1)S(=O)(=O)c1cnc(NCC)c(Cl)c1. The molecule has 21 heavy (non-hydrogen) atoms. The number of rotatable bonds is 8. The van der Waals surface area contributed by atoms with E-state index in [0.717, 1.165) is 25.7 Å². The van der Waals surface area contributed by atoms with E-state index in [1.165, 1.54) is 12.3 Å². The molecule has 0 saturated heterocycles. The molecule has 1 aromatic rings. The monoisotopic (exact) mass is 331 g/mol. The summed E-state index contributed by atoms with van der Waals surface area (Å²) in [6.45, 7) is 5.24. The van der Waals surface area contributed by atoms with Crippen molar-refractivity contribution < 1.29 is 8.42 Å². The molecule has 118 valence electrons. The van der Waals surface area contributed by atoms with Gasteiger partial charge in [-0.1, -0.05) is 24.9 Å². The highest BCUT2D eigenvalue weighted by Crippen LogP contribution is 2.33. The van der Waals surface area contributed by atoms with Crippen LogP contribution in [0.5, 0.6) is 0 Å². The zero-order valence-electron chi connectivity index (χ0n) is 12.5. The van der Waals surface area contributed by atoms with E-state index in [1.807, 2.05) is 6.92 Å². The van der Waals surface area contributed by atoms with Crippen molar-refractivity contribution in [1.29, 1.82) is 0 Å². The fourth-order valence-electron chi connectivity index (χ4n) is 2.17. The van der Waals surface area contributed by atoms with Crippen molar-refractivity contribution in [2.24, 2.45) is 0 Å². The molecule has 5 nitrogen and oxygen atoms in total. The van der Waals surface area contributed by atoms with Crippen LogP contribution >= 0.6 is 11.6 Å². The van der Waals surface area contributed by atoms with Gasteiger partial charge >= 0.3 is 0 Å². The lowest BCUT2D eigenvalue weighted by Gasteiger charge is -2.21. The van der Waals surface area contributed by atoms with E-state index >= 15 is 0 Å². The van der Waals surface area contributed by atoms with Gasteiger partial charge in [-0.25, -0.2) is 13.4 Å². The lowest BCUT2D eigenvalue weighted by atomic mass is 10.3. The van der Waals surface area contributed by atoms with Crippen molar-refractivity contribution in [2.75, 3.05) is 18.4 Å². The van der Waals surface area contributed by atoms with Gasteiger partial charge in [-0.05, 0) is 32.3 Å². The number of sulfonamides is 1. The van der Waals surface area contributed by atoms with Gasteiger partial charge in [-0.3, -0.25) is 0 Å². The molecule has 1 heterocycles. The minimum absolute atomic E-state index is 0.147. The summed E-state index contributed by atoms with van der Waals surface area (Å²) in [4.78, 5) is 4.31. The summed E-state index contributed by atoms with van der Waals surface area (Å²) < 4.78 is 27.1. The van der Waals surface area contributed by atoms with E-state index in [0.29, 0.717) is 23.9 Å². The highest BCUT2D eigenvalue weighted by atomic mass is 35.5. The average Bonchev–Trinajstić information content (AvgIpc) is 3.26. The number of aromatic nitrogens is 1. The summed E-state index contributed by atoms with van der Waals surface area (Å²) in [6, 6.07) is 1.64. The normalized spacial score (nSPS) is 15.4. The first kappa shape index (κ1) is 16.5. The molecule has 7 heteroatoms. The average molecular weight is 332 g/mol. The summed E-state index contributed by atoms with van der Waals surface area (Å²) in [6.07, 6.45) is 5.11. The Bertz CT molecular complexity index is 588. The Morgan fingerprint density at radius 2 is 2.14 bits per heavy atom. The third kappa shape index (κ3) is 3.87. The Labute approximate surface area is 131 Å². The minimum Gasteiger partial charge on any atom is -0.369 e. The topological polar surface area (TPSA) is 62.3 Å². The number of hydrogen-bond acceptors (Lipinski definition) is 4. The largest absolute Gasteiger partial charge is 0.369 e. The molecule has 0 radical (unpaired) electrons. The summed E-state index contributed by atoms with van der Waals surface area (Å²) in [5, 5.41) is 3.34. The molecular weight excluding hydrogens is 310 g/mol. The van der Waals surface area contributed by atoms with Crippen molar-refractivity contribution in [3.05, 3.63) is 17.3 Å². The standard InChI is InChI=1S/C14H22ClN3O2S/c1-3-5-8-18(11-6-7-11)21(19,20)12-9-13(15)14(16-4-2)17-10-12/h9-11H,3-8H2,1-2H3,(H,16,17). The van der Waals surface area contributed by atoms with Crippen molar-refractivity contribution in [1.82, 2.24) is 9.29 Å². The first-order valence-corrected chi connectivity index (χ1v) is 9.23. The first-order valence-electron chi connectivity index (χ1n) is 7.42. The quantitative estimate of drug-likeness (QED) is 0.795. The molecule has 0 atom stereocenters. The molecule has 1 fully saturated rings. The van der Waals surface area contributed by atoms with Gasteiger partial charge in [0.15, 0.2) is 0 Å². The molecule has 0 spiro atoms. The van der Waals surface area contributed by atoms with Crippen LogP contribution < -0.4 is 5.32 Å². The van der Waals surface area contributed by atoms with Gasteiger partial charge in [0, 0.05) is 25.3 Å². The number of nitrogens with zero attached hydrogens (tertiary/aromatic N) is 2. The Morgan fingerprint density at radius 1 is 1.43 bits per heavy atom. The van der Waals surface area contributed by atoms with Gasteiger partial charge in [0.25, 0.3) is 0 Å². The molecule has 0 amide bonds. The number of halogens is 1. The number of unbranched alkanes of at least 4 members (excludes halogenated alkanes) is 1. The van der Waals surface area contributed by atoms with Gasteiger partial charge in [-0.15, -0.1) is 0 Å².